The van der Waals surface area contributed by atoms with Crippen molar-refractivity contribution in [2.45, 2.75) is 185 Å². The first-order valence-corrected chi connectivity index (χ1v) is 21.7. The van der Waals surface area contributed by atoms with Crippen LogP contribution in [-0.4, -0.2) is 96.0 Å². The smallest absolute Gasteiger partial charge is 0.306 e. The first-order valence-electron chi connectivity index (χ1n) is 20.0. The van der Waals surface area contributed by atoms with Gasteiger partial charge >= 0.3 is 11.9 Å². The van der Waals surface area contributed by atoms with Gasteiger partial charge in [-0.3, -0.25) is 14.1 Å². The quantitative estimate of drug-likeness (QED) is 0.0237. The number of hydrogen-bond acceptors (Lipinski definition) is 11. The summed E-state index contributed by atoms with van der Waals surface area (Å²) in [6.45, 7) is 3.63. The number of esters is 2. The van der Waals surface area contributed by atoms with Crippen LogP contribution >= 0.6 is 0 Å². The van der Waals surface area contributed by atoms with Crippen LogP contribution in [0, 0.1) is 0 Å². The van der Waals surface area contributed by atoms with Gasteiger partial charge in [0, 0.05) is 12.8 Å². The molecule has 53 heavy (non-hydrogen) atoms. The van der Waals surface area contributed by atoms with Crippen molar-refractivity contribution in [1.82, 2.24) is 0 Å². The van der Waals surface area contributed by atoms with Crippen molar-refractivity contribution in [3.63, 3.8) is 0 Å². The fourth-order valence-electron chi connectivity index (χ4n) is 5.73. The summed E-state index contributed by atoms with van der Waals surface area (Å²) < 4.78 is 53.8. The molecule has 6 atom stereocenters. The average Bonchev–Trinajstić information content (AvgIpc) is 3.12. The molecule has 0 aromatic carbocycles. The Morgan fingerprint density at radius 1 is 0.642 bits per heavy atom. The van der Waals surface area contributed by atoms with Crippen molar-refractivity contribution in [3.05, 3.63) is 36.5 Å². The van der Waals surface area contributed by atoms with Crippen LogP contribution in [0.15, 0.2) is 36.5 Å². The molecule has 1 fully saturated rings. The summed E-state index contributed by atoms with van der Waals surface area (Å²) in [4.78, 5) is 25.2. The number of hydrogen-bond donors (Lipinski definition) is 4. The zero-order valence-electron chi connectivity index (χ0n) is 32.4. The first-order chi connectivity index (χ1) is 25.5. The standard InChI is InChI=1S/C40H70O12S/c1-3-5-7-9-11-13-15-16-17-19-20-22-24-26-28-35(41)49-30-33(51-36(42)29-27-25-23-21-18-14-12-10-8-6-4-2)31-50-40-39(45)38(44)37(43)34(52-40)32-53(46,47)48/h9-12,15-16,33-34,37-40,43-45H,3-8,13-14,17-32H2,1-2H3,(H,46,47,48)/b11-9+,12-10+,16-15+/t33-,34-,37-,38?,39?,40+/m1/s1. The SMILES string of the molecule is CCCC/C=C/C/C=C/CCCCCCCC(=O)OC[C@H](CO[C@H]1O[C@H](CS(=O)(=O)O)[C@@H](O)C(O)C1O)OC(=O)CCCCCCC/C=C/CCCC. The van der Waals surface area contributed by atoms with E-state index in [9.17, 15) is 37.9 Å². The zero-order chi connectivity index (χ0) is 39.2. The third-order valence-electron chi connectivity index (χ3n) is 8.94. The van der Waals surface area contributed by atoms with Crippen LogP contribution in [0.1, 0.15) is 149 Å². The molecule has 1 rings (SSSR count). The molecule has 1 saturated heterocycles. The van der Waals surface area contributed by atoms with E-state index in [2.05, 4.69) is 50.3 Å². The number of aliphatic hydroxyl groups is 3. The normalized spacial score (nSPS) is 21.5. The van der Waals surface area contributed by atoms with Crippen molar-refractivity contribution >= 4 is 22.1 Å². The van der Waals surface area contributed by atoms with Gasteiger partial charge in [0.05, 0.1) is 6.61 Å². The van der Waals surface area contributed by atoms with Gasteiger partial charge in [-0.1, -0.05) is 115 Å². The number of unbranched alkanes of at least 4 members (excludes halogenated alkanes) is 14. The number of aliphatic hydroxyl groups excluding tert-OH is 3. The third-order valence-corrected chi connectivity index (χ3v) is 9.69. The van der Waals surface area contributed by atoms with Crippen LogP contribution in [0.4, 0.5) is 0 Å². The van der Waals surface area contributed by atoms with Crippen LogP contribution in [0.25, 0.3) is 0 Å². The Bertz CT molecular complexity index is 1140. The van der Waals surface area contributed by atoms with E-state index < -0.39 is 71.2 Å². The van der Waals surface area contributed by atoms with Gasteiger partial charge in [0.1, 0.15) is 36.8 Å². The largest absolute Gasteiger partial charge is 0.462 e. The third kappa shape index (κ3) is 26.3. The zero-order valence-corrected chi connectivity index (χ0v) is 33.2. The topological polar surface area (TPSA) is 186 Å². The van der Waals surface area contributed by atoms with Gasteiger partial charge < -0.3 is 34.3 Å². The van der Waals surface area contributed by atoms with Crippen LogP contribution in [0.5, 0.6) is 0 Å². The second kappa shape index (κ2) is 31.1. The number of rotatable bonds is 32. The second-order valence-corrected chi connectivity index (χ2v) is 15.4. The monoisotopic (exact) mass is 774 g/mol. The molecule has 13 heteroatoms. The summed E-state index contributed by atoms with van der Waals surface area (Å²) in [6.07, 6.45) is 23.5. The summed E-state index contributed by atoms with van der Waals surface area (Å²) in [5.41, 5.74) is 0. The summed E-state index contributed by atoms with van der Waals surface area (Å²) in [6, 6.07) is 0. The summed E-state index contributed by atoms with van der Waals surface area (Å²) in [5.74, 6) is -2.02. The van der Waals surface area contributed by atoms with E-state index in [0.29, 0.717) is 12.8 Å². The highest BCUT2D eigenvalue weighted by atomic mass is 32.2. The summed E-state index contributed by atoms with van der Waals surface area (Å²) >= 11 is 0. The minimum Gasteiger partial charge on any atom is -0.462 e. The highest BCUT2D eigenvalue weighted by Gasteiger charge is 2.46. The molecule has 1 aliphatic rings. The molecule has 1 heterocycles. The minimum absolute atomic E-state index is 0.150. The van der Waals surface area contributed by atoms with Crippen molar-refractivity contribution in [3.8, 4) is 0 Å². The molecule has 0 aromatic heterocycles. The molecule has 0 saturated carbocycles. The number of allylic oxidation sites excluding steroid dienone is 6. The van der Waals surface area contributed by atoms with Gasteiger partial charge in [-0.25, -0.2) is 0 Å². The summed E-state index contributed by atoms with van der Waals surface area (Å²) in [5, 5.41) is 30.7. The van der Waals surface area contributed by atoms with Gasteiger partial charge in [0.15, 0.2) is 12.4 Å². The highest BCUT2D eigenvalue weighted by molar-refractivity contribution is 7.85. The van der Waals surface area contributed by atoms with Crippen LogP contribution < -0.4 is 0 Å². The second-order valence-electron chi connectivity index (χ2n) is 13.9. The molecule has 12 nitrogen and oxygen atoms in total. The Balaban J connectivity index is 2.52. The highest BCUT2D eigenvalue weighted by Crippen LogP contribution is 2.24. The van der Waals surface area contributed by atoms with E-state index in [4.69, 9.17) is 18.9 Å². The molecule has 0 aromatic rings. The maximum atomic E-state index is 12.7. The number of ether oxygens (including phenoxy) is 4. The van der Waals surface area contributed by atoms with Crippen molar-refractivity contribution < 1.29 is 56.8 Å². The Morgan fingerprint density at radius 2 is 1.13 bits per heavy atom. The average molecular weight is 775 g/mol. The van der Waals surface area contributed by atoms with Crippen molar-refractivity contribution in [1.29, 1.82) is 0 Å². The molecule has 4 N–H and O–H groups in total. The van der Waals surface area contributed by atoms with Crippen molar-refractivity contribution in [2.24, 2.45) is 0 Å². The molecule has 0 aliphatic carbocycles. The fraction of sp³-hybridized carbons (Fsp3) is 0.800. The minimum atomic E-state index is -4.60. The predicted octanol–water partition coefficient (Wildman–Crippen LogP) is 7.05. The van der Waals surface area contributed by atoms with Crippen LogP contribution in [-0.2, 0) is 38.7 Å². The Labute approximate surface area is 319 Å². The fourth-order valence-corrected chi connectivity index (χ4v) is 6.42. The molecular weight excluding hydrogens is 704 g/mol. The predicted molar refractivity (Wildman–Crippen MR) is 206 cm³/mol. The van der Waals surface area contributed by atoms with E-state index in [1.807, 2.05) is 0 Å². The Morgan fingerprint density at radius 3 is 1.68 bits per heavy atom. The van der Waals surface area contributed by atoms with E-state index in [1.54, 1.807) is 0 Å². The molecular formula is C40H70O12S. The van der Waals surface area contributed by atoms with Gasteiger partial charge in [-0.15, -0.1) is 0 Å². The molecule has 0 amide bonds. The van der Waals surface area contributed by atoms with Crippen molar-refractivity contribution in [2.75, 3.05) is 19.0 Å². The molecule has 1 aliphatic heterocycles. The maximum absolute atomic E-state index is 12.7. The lowest BCUT2D eigenvalue weighted by Crippen LogP contribution is -2.60. The van der Waals surface area contributed by atoms with Crippen LogP contribution in [0.3, 0.4) is 0 Å². The van der Waals surface area contributed by atoms with Gasteiger partial charge in [0.25, 0.3) is 10.1 Å². The van der Waals surface area contributed by atoms with Gasteiger partial charge in [-0.05, 0) is 57.8 Å². The Hall–Kier alpha value is -2.13. The molecule has 0 radical (unpaired) electrons. The van der Waals surface area contributed by atoms with Gasteiger partial charge in [0.2, 0.25) is 0 Å². The lowest BCUT2D eigenvalue weighted by atomic mass is 10.00. The van der Waals surface area contributed by atoms with E-state index in [0.717, 1.165) is 83.5 Å². The summed E-state index contributed by atoms with van der Waals surface area (Å²) in [7, 11) is -4.60. The van der Waals surface area contributed by atoms with E-state index >= 15 is 0 Å². The maximum Gasteiger partial charge on any atom is 0.306 e. The molecule has 308 valence electrons. The number of carbonyl (C=O) groups excluding carboxylic acids is 2. The number of carbonyl (C=O) groups is 2. The van der Waals surface area contributed by atoms with Crippen LogP contribution in [0.2, 0.25) is 0 Å². The van der Waals surface area contributed by atoms with E-state index in [-0.39, 0.29) is 19.4 Å². The molecule has 2 unspecified atom stereocenters. The van der Waals surface area contributed by atoms with E-state index in [1.165, 1.54) is 25.7 Å². The Kier molecular flexibility index (Phi) is 28.7. The lowest BCUT2D eigenvalue weighted by Gasteiger charge is -2.40. The lowest BCUT2D eigenvalue weighted by molar-refractivity contribution is -0.297. The molecule has 0 bridgehead atoms. The van der Waals surface area contributed by atoms with Gasteiger partial charge in [-0.2, -0.15) is 8.42 Å². The first kappa shape index (κ1) is 48.9. The molecule has 0 spiro atoms.